The number of nitrogens with zero attached hydrogens (tertiary/aromatic N) is 2. The van der Waals surface area contributed by atoms with Gasteiger partial charge in [-0.2, -0.15) is 0 Å². The molecule has 0 aliphatic carbocycles. The number of hydrogen-bond acceptors (Lipinski definition) is 2. The van der Waals surface area contributed by atoms with Crippen LogP contribution in [0, 0.1) is 5.82 Å². The summed E-state index contributed by atoms with van der Waals surface area (Å²) in [6.45, 7) is 0. The van der Waals surface area contributed by atoms with Crippen molar-refractivity contribution in [3.63, 3.8) is 0 Å². The van der Waals surface area contributed by atoms with Crippen molar-refractivity contribution in [2.75, 3.05) is 5.73 Å². The van der Waals surface area contributed by atoms with Crippen LogP contribution in [-0.4, -0.2) is 9.55 Å². The van der Waals surface area contributed by atoms with Gasteiger partial charge in [0.05, 0.1) is 0 Å². The molecule has 0 amide bonds. The summed E-state index contributed by atoms with van der Waals surface area (Å²) < 4.78 is 14.9. The first-order chi connectivity index (χ1) is 7.16. The molecule has 15 heavy (non-hydrogen) atoms. The fourth-order valence-electron chi connectivity index (χ4n) is 1.46. The molecule has 0 bridgehead atoms. The molecule has 0 radical (unpaired) electrons. The van der Waals surface area contributed by atoms with E-state index in [1.807, 2.05) is 17.8 Å². The van der Waals surface area contributed by atoms with Crippen LogP contribution in [0.1, 0.15) is 11.4 Å². The van der Waals surface area contributed by atoms with Crippen LogP contribution in [0.2, 0.25) is 0 Å². The van der Waals surface area contributed by atoms with E-state index < -0.39 is 0 Å². The zero-order valence-electron chi connectivity index (χ0n) is 8.44. The first-order valence-electron chi connectivity index (χ1n) is 4.67. The smallest absolute Gasteiger partial charge is 0.123 e. The van der Waals surface area contributed by atoms with E-state index in [2.05, 4.69) is 4.98 Å². The van der Waals surface area contributed by atoms with Gasteiger partial charge in [0, 0.05) is 31.5 Å². The third kappa shape index (κ3) is 1.98. The molecule has 0 aliphatic rings. The van der Waals surface area contributed by atoms with Crippen LogP contribution in [0.15, 0.2) is 30.6 Å². The van der Waals surface area contributed by atoms with Gasteiger partial charge in [-0.1, -0.05) is 0 Å². The molecule has 78 valence electrons. The second-order valence-electron chi connectivity index (χ2n) is 3.47. The number of anilines is 1. The minimum Gasteiger partial charge on any atom is -0.398 e. The lowest BCUT2D eigenvalue weighted by Gasteiger charge is -2.05. The lowest BCUT2D eigenvalue weighted by Crippen LogP contribution is -2.02. The molecule has 2 aromatic rings. The number of nitrogens with two attached hydrogens (primary N) is 1. The monoisotopic (exact) mass is 205 g/mol. The highest BCUT2D eigenvalue weighted by Crippen LogP contribution is 2.16. The van der Waals surface area contributed by atoms with Crippen molar-refractivity contribution < 1.29 is 4.39 Å². The van der Waals surface area contributed by atoms with Gasteiger partial charge in [0.1, 0.15) is 11.6 Å². The Balaban J connectivity index is 2.32. The summed E-state index contributed by atoms with van der Waals surface area (Å²) in [5, 5.41) is 0. The van der Waals surface area contributed by atoms with Crippen LogP contribution >= 0.6 is 0 Å². The first-order valence-corrected chi connectivity index (χ1v) is 4.67. The molecule has 0 saturated heterocycles. The molecule has 3 nitrogen and oxygen atoms in total. The number of aryl methyl sites for hydroxylation is 1. The van der Waals surface area contributed by atoms with Crippen LogP contribution in [0.4, 0.5) is 10.1 Å². The largest absolute Gasteiger partial charge is 0.398 e. The summed E-state index contributed by atoms with van der Waals surface area (Å²) in [5.41, 5.74) is 7.12. The van der Waals surface area contributed by atoms with E-state index in [4.69, 9.17) is 5.73 Å². The fraction of sp³-hybridized carbons (Fsp3) is 0.182. The maximum Gasteiger partial charge on any atom is 0.123 e. The molecule has 2 rings (SSSR count). The van der Waals surface area contributed by atoms with Gasteiger partial charge in [0.15, 0.2) is 0 Å². The van der Waals surface area contributed by atoms with Gasteiger partial charge in [0.25, 0.3) is 0 Å². The van der Waals surface area contributed by atoms with Crippen LogP contribution in [0.25, 0.3) is 0 Å². The number of imidazole rings is 1. The number of rotatable bonds is 2. The average Bonchev–Trinajstić information content (AvgIpc) is 2.58. The molecule has 0 spiro atoms. The zero-order chi connectivity index (χ0) is 10.8. The molecule has 4 heteroatoms. The molecule has 0 saturated carbocycles. The molecule has 2 N–H and O–H groups in total. The summed E-state index contributed by atoms with van der Waals surface area (Å²) >= 11 is 0. The number of hydrogen-bond donors (Lipinski definition) is 1. The lowest BCUT2D eigenvalue weighted by atomic mass is 10.1. The van der Waals surface area contributed by atoms with Crippen LogP contribution in [0.3, 0.4) is 0 Å². The Morgan fingerprint density at radius 1 is 1.47 bits per heavy atom. The van der Waals surface area contributed by atoms with E-state index in [0.717, 1.165) is 11.4 Å². The molecule has 0 unspecified atom stereocenters. The number of benzene rings is 1. The highest BCUT2D eigenvalue weighted by Gasteiger charge is 2.05. The zero-order valence-corrected chi connectivity index (χ0v) is 8.44. The second-order valence-corrected chi connectivity index (χ2v) is 3.47. The van der Waals surface area contributed by atoms with Crippen molar-refractivity contribution in [1.29, 1.82) is 0 Å². The Labute approximate surface area is 87.4 Å². The lowest BCUT2D eigenvalue weighted by molar-refractivity contribution is 0.626. The molecule has 1 aromatic carbocycles. The van der Waals surface area contributed by atoms with Gasteiger partial charge in [-0.05, 0) is 23.8 Å². The maximum absolute atomic E-state index is 13.0. The number of nitrogen functional groups attached to an aromatic ring is 1. The quantitative estimate of drug-likeness (QED) is 0.759. The van der Waals surface area contributed by atoms with Crippen molar-refractivity contribution in [3.8, 4) is 0 Å². The highest BCUT2D eigenvalue weighted by molar-refractivity contribution is 5.47. The van der Waals surface area contributed by atoms with E-state index in [1.165, 1.54) is 12.1 Å². The minimum absolute atomic E-state index is 0.270. The van der Waals surface area contributed by atoms with Gasteiger partial charge in [-0.15, -0.1) is 0 Å². The van der Waals surface area contributed by atoms with E-state index >= 15 is 0 Å². The first kappa shape index (κ1) is 9.71. The second kappa shape index (κ2) is 3.73. The summed E-state index contributed by atoms with van der Waals surface area (Å²) in [6.07, 6.45) is 4.11. The van der Waals surface area contributed by atoms with Gasteiger partial charge in [0.2, 0.25) is 0 Å². The SMILES string of the molecule is Cn1ccnc1Cc1cc(F)ccc1N. The predicted octanol–water partition coefficient (Wildman–Crippen LogP) is 1.73. The maximum atomic E-state index is 13.0. The summed E-state index contributed by atoms with van der Waals surface area (Å²) in [7, 11) is 1.90. The third-order valence-electron chi connectivity index (χ3n) is 2.37. The Morgan fingerprint density at radius 3 is 2.93 bits per heavy atom. The number of aromatic nitrogens is 2. The van der Waals surface area contributed by atoms with E-state index in [0.29, 0.717) is 12.1 Å². The molecule has 0 atom stereocenters. The Bertz CT molecular complexity index is 476. The van der Waals surface area contributed by atoms with Crippen molar-refractivity contribution >= 4 is 5.69 Å². The normalized spacial score (nSPS) is 10.5. The van der Waals surface area contributed by atoms with Gasteiger partial charge < -0.3 is 10.3 Å². The third-order valence-corrected chi connectivity index (χ3v) is 2.37. The summed E-state index contributed by atoms with van der Waals surface area (Å²) in [4.78, 5) is 4.17. The van der Waals surface area contributed by atoms with Crippen molar-refractivity contribution in [2.24, 2.45) is 7.05 Å². The Morgan fingerprint density at radius 2 is 2.27 bits per heavy atom. The van der Waals surface area contributed by atoms with Crippen LogP contribution in [0.5, 0.6) is 0 Å². The molecule has 1 aromatic heterocycles. The average molecular weight is 205 g/mol. The van der Waals surface area contributed by atoms with Crippen LogP contribution in [-0.2, 0) is 13.5 Å². The molecular formula is C11H12FN3. The topological polar surface area (TPSA) is 43.8 Å². The Kier molecular flexibility index (Phi) is 2.41. The molecule has 1 heterocycles. The Hall–Kier alpha value is -1.84. The molecule has 0 fully saturated rings. The predicted molar refractivity (Wildman–Crippen MR) is 56.8 cm³/mol. The standard InChI is InChI=1S/C11H12FN3/c1-15-5-4-14-11(15)7-8-6-9(12)2-3-10(8)13/h2-6H,7,13H2,1H3. The van der Waals surface area contributed by atoms with E-state index in [9.17, 15) is 4.39 Å². The van der Waals surface area contributed by atoms with E-state index in [-0.39, 0.29) is 5.82 Å². The summed E-state index contributed by atoms with van der Waals surface area (Å²) in [5.74, 6) is 0.598. The van der Waals surface area contributed by atoms with Crippen LogP contribution < -0.4 is 5.73 Å². The van der Waals surface area contributed by atoms with Crippen molar-refractivity contribution in [2.45, 2.75) is 6.42 Å². The van der Waals surface area contributed by atoms with Gasteiger partial charge in [-0.25, -0.2) is 9.37 Å². The molecular weight excluding hydrogens is 193 g/mol. The van der Waals surface area contributed by atoms with Crippen molar-refractivity contribution in [3.05, 3.63) is 47.8 Å². The van der Waals surface area contributed by atoms with Crippen molar-refractivity contribution in [1.82, 2.24) is 9.55 Å². The minimum atomic E-state index is -0.270. The number of halogens is 1. The fourth-order valence-corrected chi connectivity index (χ4v) is 1.46. The highest BCUT2D eigenvalue weighted by atomic mass is 19.1. The van der Waals surface area contributed by atoms with Gasteiger partial charge >= 0.3 is 0 Å². The van der Waals surface area contributed by atoms with Gasteiger partial charge in [-0.3, -0.25) is 0 Å². The van der Waals surface area contributed by atoms with E-state index in [1.54, 1.807) is 12.3 Å². The summed E-state index contributed by atoms with van der Waals surface area (Å²) in [6, 6.07) is 4.38. The molecule has 0 aliphatic heterocycles.